The highest BCUT2D eigenvalue weighted by atomic mass is 19.4. The molecular formula is C11H18F3N3O. The van der Waals surface area contributed by atoms with Gasteiger partial charge in [0.25, 0.3) is 0 Å². The van der Waals surface area contributed by atoms with Gasteiger partial charge in [-0.15, -0.1) is 0 Å². The minimum absolute atomic E-state index is 0.0375. The summed E-state index contributed by atoms with van der Waals surface area (Å²) in [6.07, 6.45) is -2.27. The van der Waals surface area contributed by atoms with Crippen molar-refractivity contribution >= 4 is 5.91 Å². The number of amides is 1. The molecule has 0 radical (unpaired) electrons. The number of likely N-dealkylation sites (tertiary alicyclic amines) is 1. The van der Waals surface area contributed by atoms with Crippen molar-refractivity contribution in [1.82, 2.24) is 10.2 Å². The van der Waals surface area contributed by atoms with Crippen molar-refractivity contribution in [3.8, 4) is 0 Å². The number of rotatable bonds is 3. The molecule has 2 rings (SSSR count). The van der Waals surface area contributed by atoms with Gasteiger partial charge in [0.05, 0.1) is 6.54 Å². The van der Waals surface area contributed by atoms with E-state index in [1.807, 2.05) is 10.2 Å². The monoisotopic (exact) mass is 265 g/mol. The number of hydrogen-bond donors (Lipinski definition) is 2. The topological polar surface area (TPSA) is 58.4 Å². The van der Waals surface area contributed by atoms with Crippen molar-refractivity contribution in [3.63, 3.8) is 0 Å². The normalized spacial score (nSPS) is 32.6. The van der Waals surface area contributed by atoms with E-state index in [9.17, 15) is 18.0 Å². The van der Waals surface area contributed by atoms with Crippen LogP contribution in [0.2, 0.25) is 0 Å². The van der Waals surface area contributed by atoms with Crippen LogP contribution in [0.15, 0.2) is 0 Å². The predicted octanol–water partition coefficient (Wildman–Crippen LogP) is 0.334. The van der Waals surface area contributed by atoms with Crippen LogP contribution < -0.4 is 11.1 Å². The third kappa shape index (κ3) is 3.35. The third-order valence-electron chi connectivity index (χ3n) is 3.84. The molecule has 0 bridgehead atoms. The van der Waals surface area contributed by atoms with Gasteiger partial charge in [-0.2, -0.15) is 13.2 Å². The molecule has 0 spiro atoms. The number of alkyl halides is 3. The molecule has 2 fully saturated rings. The van der Waals surface area contributed by atoms with Crippen LogP contribution in [-0.4, -0.2) is 49.2 Å². The van der Waals surface area contributed by atoms with Gasteiger partial charge in [0.2, 0.25) is 5.91 Å². The number of halogens is 3. The minimum atomic E-state index is -4.35. The third-order valence-corrected chi connectivity index (χ3v) is 3.84. The molecule has 104 valence electrons. The molecule has 3 atom stereocenters. The van der Waals surface area contributed by atoms with Gasteiger partial charge in [-0.1, -0.05) is 0 Å². The fraction of sp³-hybridized carbons (Fsp3) is 0.909. The Kier molecular flexibility index (Phi) is 3.82. The van der Waals surface area contributed by atoms with Gasteiger partial charge in [-0.3, -0.25) is 9.69 Å². The fourth-order valence-corrected chi connectivity index (χ4v) is 2.99. The highest BCUT2D eigenvalue weighted by molar-refractivity contribution is 5.78. The molecule has 3 unspecified atom stereocenters. The summed E-state index contributed by atoms with van der Waals surface area (Å²) in [7, 11) is 0. The van der Waals surface area contributed by atoms with Crippen LogP contribution in [0.4, 0.5) is 13.2 Å². The zero-order valence-corrected chi connectivity index (χ0v) is 10.0. The number of nitrogens with zero attached hydrogens (tertiary/aromatic N) is 1. The summed E-state index contributed by atoms with van der Waals surface area (Å²) >= 11 is 0. The molecule has 1 saturated heterocycles. The van der Waals surface area contributed by atoms with E-state index in [1.54, 1.807) is 0 Å². The highest BCUT2D eigenvalue weighted by Gasteiger charge is 2.41. The Morgan fingerprint density at radius 3 is 2.67 bits per heavy atom. The van der Waals surface area contributed by atoms with Gasteiger partial charge >= 0.3 is 6.18 Å². The number of hydrogen-bond acceptors (Lipinski definition) is 3. The molecular weight excluding hydrogens is 247 g/mol. The van der Waals surface area contributed by atoms with Crippen molar-refractivity contribution in [3.05, 3.63) is 0 Å². The SMILES string of the molecule is NC1CCC2CN(CC(=O)NCC(F)(F)F)CC12. The number of carbonyl (C=O) groups excluding carboxylic acids is 1. The smallest absolute Gasteiger partial charge is 0.346 e. The molecule has 1 saturated carbocycles. The Hall–Kier alpha value is -0.820. The summed E-state index contributed by atoms with van der Waals surface area (Å²) in [5, 5.41) is 1.89. The number of carbonyl (C=O) groups is 1. The maximum Gasteiger partial charge on any atom is 0.405 e. The highest BCUT2D eigenvalue weighted by Crippen LogP contribution is 2.36. The van der Waals surface area contributed by atoms with Crippen LogP contribution in [0, 0.1) is 11.8 Å². The van der Waals surface area contributed by atoms with Crippen molar-refractivity contribution < 1.29 is 18.0 Å². The summed E-state index contributed by atoms with van der Waals surface area (Å²) in [4.78, 5) is 13.3. The largest absolute Gasteiger partial charge is 0.405 e. The van der Waals surface area contributed by atoms with Crippen LogP contribution in [-0.2, 0) is 4.79 Å². The first-order chi connectivity index (χ1) is 8.35. The molecule has 1 amide bonds. The molecule has 3 N–H and O–H groups in total. The molecule has 0 aromatic heterocycles. The van der Waals surface area contributed by atoms with Crippen LogP contribution in [0.3, 0.4) is 0 Å². The molecule has 1 aliphatic carbocycles. The van der Waals surface area contributed by atoms with Gasteiger partial charge in [-0.05, 0) is 24.7 Å². The fourth-order valence-electron chi connectivity index (χ4n) is 2.99. The summed E-state index contributed by atoms with van der Waals surface area (Å²) in [6, 6.07) is 0.179. The Bertz CT molecular complexity index is 321. The van der Waals surface area contributed by atoms with E-state index >= 15 is 0 Å². The molecule has 1 aliphatic heterocycles. The molecule has 1 heterocycles. The van der Waals surface area contributed by atoms with Crippen molar-refractivity contribution in [2.24, 2.45) is 17.6 Å². The lowest BCUT2D eigenvalue weighted by Gasteiger charge is -2.18. The van der Waals surface area contributed by atoms with Gasteiger partial charge in [0.1, 0.15) is 6.54 Å². The standard InChI is InChI=1S/C11H18F3N3O/c12-11(13,14)6-16-10(18)5-17-3-7-1-2-9(15)8(7)4-17/h7-9H,1-6,15H2,(H,16,18). The maximum atomic E-state index is 11.9. The summed E-state index contributed by atoms with van der Waals surface area (Å²) < 4.78 is 35.8. The van der Waals surface area contributed by atoms with E-state index in [-0.39, 0.29) is 12.6 Å². The lowest BCUT2D eigenvalue weighted by molar-refractivity contribution is -0.138. The van der Waals surface area contributed by atoms with E-state index in [1.165, 1.54) is 0 Å². The van der Waals surface area contributed by atoms with Crippen molar-refractivity contribution in [2.45, 2.75) is 25.1 Å². The summed E-state index contributed by atoms with van der Waals surface area (Å²) in [5.41, 5.74) is 5.95. The molecule has 7 heteroatoms. The van der Waals surface area contributed by atoms with Crippen molar-refractivity contribution in [1.29, 1.82) is 0 Å². The average Bonchev–Trinajstić information content (AvgIpc) is 2.78. The Morgan fingerprint density at radius 1 is 1.33 bits per heavy atom. The quantitative estimate of drug-likeness (QED) is 0.773. The van der Waals surface area contributed by atoms with Crippen LogP contribution >= 0.6 is 0 Å². The zero-order chi connectivity index (χ0) is 13.3. The van der Waals surface area contributed by atoms with Gasteiger partial charge in [0.15, 0.2) is 0 Å². The lowest BCUT2D eigenvalue weighted by atomic mass is 9.98. The number of nitrogens with one attached hydrogen (secondary N) is 1. The molecule has 0 aromatic rings. The molecule has 4 nitrogen and oxygen atoms in total. The minimum Gasteiger partial charge on any atom is -0.346 e. The van der Waals surface area contributed by atoms with E-state index in [4.69, 9.17) is 5.73 Å². The van der Waals surface area contributed by atoms with Gasteiger partial charge in [-0.25, -0.2) is 0 Å². The second kappa shape index (κ2) is 5.05. The first-order valence-corrected chi connectivity index (χ1v) is 6.16. The number of nitrogens with two attached hydrogens (primary N) is 1. The van der Waals surface area contributed by atoms with Crippen LogP contribution in [0.1, 0.15) is 12.8 Å². The first-order valence-electron chi connectivity index (χ1n) is 6.16. The van der Waals surface area contributed by atoms with E-state index in [2.05, 4.69) is 0 Å². The Labute approximate surface area is 104 Å². The average molecular weight is 265 g/mol. The number of fused-ring (bicyclic) bond motifs is 1. The van der Waals surface area contributed by atoms with Crippen LogP contribution in [0.5, 0.6) is 0 Å². The second-order valence-corrected chi connectivity index (χ2v) is 5.25. The van der Waals surface area contributed by atoms with E-state index in [0.29, 0.717) is 11.8 Å². The van der Waals surface area contributed by atoms with E-state index < -0.39 is 18.6 Å². The summed E-state index contributed by atoms with van der Waals surface area (Å²) in [5.74, 6) is 0.344. The molecule has 0 aromatic carbocycles. The Morgan fingerprint density at radius 2 is 2.06 bits per heavy atom. The molecule has 2 aliphatic rings. The van der Waals surface area contributed by atoms with E-state index in [0.717, 1.165) is 25.9 Å². The first kappa shape index (κ1) is 13.6. The Balaban J connectivity index is 1.73. The van der Waals surface area contributed by atoms with Gasteiger partial charge < -0.3 is 11.1 Å². The van der Waals surface area contributed by atoms with Gasteiger partial charge in [0, 0.05) is 19.1 Å². The van der Waals surface area contributed by atoms with Crippen LogP contribution in [0.25, 0.3) is 0 Å². The zero-order valence-electron chi connectivity index (χ0n) is 10.0. The lowest BCUT2D eigenvalue weighted by Crippen LogP contribution is -2.41. The van der Waals surface area contributed by atoms with Crippen molar-refractivity contribution in [2.75, 3.05) is 26.2 Å². The summed E-state index contributed by atoms with van der Waals surface area (Å²) in [6.45, 7) is 0.283. The predicted molar refractivity (Wildman–Crippen MR) is 59.7 cm³/mol. The maximum absolute atomic E-state index is 11.9. The molecule has 18 heavy (non-hydrogen) atoms. The second-order valence-electron chi connectivity index (χ2n) is 5.25.